The van der Waals surface area contributed by atoms with Crippen molar-refractivity contribution in [2.45, 2.75) is 25.8 Å². The molecule has 114 valence electrons. The minimum atomic E-state index is 0.626. The number of guanidine groups is 1. The van der Waals surface area contributed by atoms with Gasteiger partial charge in [0, 0.05) is 38.4 Å². The molecular formula is C17H26N4. The SMILES string of the molecule is CN=C(NCC1CCN(c2ccccc2)C1)NC1CC1C. The molecule has 4 nitrogen and oxygen atoms in total. The van der Waals surface area contributed by atoms with Gasteiger partial charge >= 0.3 is 0 Å². The number of hydrogen-bond acceptors (Lipinski definition) is 2. The first-order valence-corrected chi connectivity index (χ1v) is 8.03. The van der Waals surface area contributed by atoms with Crippen molar-refractivity contribution >= 4 is 11.6 Å². The summed E-state index contributed by atoms with van der Waals surface area (Å²) in [5.41, 5.74) is 1.34. The van der Waals surface area contributed by atoms with Crippen molar-refractivity contribution in [3.05, 3.63) is 30.3 Å². The molecule has 1 saturated heterocycles. The van der Waals surface area contributed by atoms with E-state index in [0.717, 1.165) is 31.5 Å². The molecule has 1 aromatic carbocycles. The van der Waals surface area contributed by atoms with Gasteiger partial charge in [0.15, 0.2) is 5.96 Å². The third-order valence-corrected chi connectivity index (χ3v) is 4.62. The van der Waals surface area contributed by atoms with Crippen LogP contribution >= 0.6 is 0 Å². The van der Waals surface area contributed by atoms with Crippen LogP contribution in [0.3, 0.4) is 0 Å². The number of hydrogen-bond donors (Lipinski definition) is 2. The molecule has 1 aliphatic carbocycles. The van der Waals surface area contributed by atoms with Gasteiger partial charge in [-0.2, -0.15) is 0 Å². The number of benzene rings is 1. The van der Waals surface area contributed by atoms with Crippen LogP contribution in [0.15, 0.2) is 35.3 Å². The van der Waals surface area contributed by atoms with Gasteiger partial charge in [-0.15, -0.1) is 0 Å². The summed E-state index contributed by atoms with van der Waals surface area (Å²) in [4.78, 5) is 6.80. The van der Waals surface area contributed by atoms with Gasteiger partial charge < -0.3 is 15.5 Å². The zero-order valence-electron chi connectivity index (χ0n) is 13.0. The lowest BCUT2D eigenvalue weighted by molar-refractivity contribution is 0.564. The van der Waals surface area contributed by atoms with E-state index in [4.69, 9.17) is 0 Å². The van der Waals surface area contributed by atoms with Crippen molar-refractivity contribution in [1.29, 1.82) is 0 Å². The lowest BCUT2D eigenvalue weighted by Crippen LogP contribution is -2.41. The fourth-order valence-electron chi connectivity index (χ4n) is 3.01. The van der Waals surface area contributed by atoms with Crippen molar-refractivity contribution in [2.24, 2.45) is 16.8 Å². The second kappa shape index (κ2) is 6.37. The average molecular weight is 286 g/mol. The molecule has 2 N–H and O–H groups in total. The fraction of sp³-hybridized carbons (Fsp3) is 0.588. The lowest BCUT2D eigenvalue weighted by Gasteiger charge is -2.19. The molecule has 0 spiro atoms. The summed E-state index contributed by atoms with van der Waals surface area (Å²) >= 11 is 0. The van der Waals surface area contributed by atoms with Gasteiger partial charge in [-0.25, -0.2) is 0 Å². The molecule has 0 aromatic heterocycles. The molecule has 1 heterocycles. The van der Waals surface area contributed by atoms with Crippen LogP contribution in [-0.4, -0.2) is 38.7 Å². The predicted octanol–water partition coefficient (Wildman–Crippen LogP) is 2.09. The van der Waals surface area contributed by atoms with E-state index in [0.29, 0.717) is 12.0 Å². The summed E-state index contributed by atoms with van der Waals surface area (Å²) in [5, 5.41) is 6.97. The lowest BCUT2D eigenvalue weighted by atomic mass is 10.1. The Hall–Kier alpha value is -1.71. The van der Waals surface area contributed by atoms with Gasteiger partial charge in [0.25, 0.3) is 0 Å². The van der Waals surface area contributed by atoms with Crippen LogP contribution in [0.25, 0.3) is 0 Å². The number of nitrogens with zero attached hydrogens (tertiary/aromatic N) is 2. The molecule has 3 atom stereocenters. The second-order valence-corrected chi connectivity index (χ2v) is 6.35. The van der Waals surface area contributed by atoms with E-state index in [-0.39, 0.29) is 0 Å². The first kappa shape index (κ1) is 14.2. The largest absolute Gasteiger partial charge is 0.371 e. The number of para-hydroxylation sites is 1. The molecule has 2 aliphatic rings. The molecule has 0 bridgehead atoms. The number of nitrogens with one attached hydrogen (secondary N) is 2. The Bertz CT molecular complexity index is 485. The Morgan fingerprint density at radius 3 is 2.76 bits per heavy atom. The Balaban J connectivity index is 1.44. The van der Waals surface area contributed by atoms with Gasteiger partial charge in [0.2, 0.25) is 0 Å². The summed E-state index contributed by atoms with van der Waals surface area (Å²) in [5.74, 6) is 2.45. The van der Waals surface area contributed by atoms with Crippen LogP contribution in [0, 0.1) is 11.8 Å². The molecular weight excluding hydrogens is 260 g/mol. The van der Waals surface area contributed by atoms with Crippen molar-refractivity contribution < 1.29 is 0 Å². The predicted molar refractivity (Wildman–Crippen MR) is 88.8 cm³/mol. The zero-order valence-corrected chi connectivity index (χ0v) is 13.0. The standard InChI is InChI=1S/C17H26N4/c1-13-10-16(13)20-17(18-2)19-11-14-8-9-21(12-14)15-6-4-3-5-7-15/h3-7,13-14,16H,8-12H2,1-2H3,(H2,18,19,20). The van der Waals surface area contributed by atoms with E-state index in [9.17, 15) is 0 Å². The molecule has 2 fully saturated rings. The highest BCUT2D eigenvalue weighted by molar-refractivity contribution is 5.80. The Labute approximate surface area is 127 Å². The number of aliphatic imine (C=N–C) groups is 1. The normalized spacial score (nSPS) is 28.6. The highest BCUT2D eigenvalue weighted by Crippen LogP contribution is 2.28. The second-order valence-electron chi connectivity index (χ2n) is 6.35. The maximum absolute atomic E-state index is 4.32. The Morgan fingerprint density at radius 2 is 2.10 bits per heavy atom. The highest BCUT2D eigenvalue weighted by atomic mass is 15.2. The van der Waals surface area contributed by atoms with Crippen molar-refractivity contribution in [3.8, 4) is 0 Å². The third kappa shape index (κ3) is 3.69. The summed E-state index contributed by atoms with van der Waals surface area (Å²) in [6, 6.07) is 11.3. The van der Waals surface area contributed by atoms with Crippen LogP contribution in [0.1, 0.15) is 19.8 Å². The molecule has 1 aliphatic heterocycles. The van der Waals surface area contributed by atoms with E-state index in [1.54, 1.807) is 0 Å². The van der Waals surface area contributed by atoms with Gasteiger partial charge in [0.05, 0.1) is 0 Å². The van der Waals surface area contributed by atoms with E-state index >= 15 is 0 Å². The Morgan fingerprint density at radius 1 is 1.33 bits per heavy atom. The first-order valence-electron chi connectivity index (χ1n) is 8.03. The van der Waals surface area contributed by atoms with Gasteiger partial charge in [-0.05, 0) is 36.8 Å². The van der Waals surface area contributed by atoms with E-state index < -0.39 is 0 Å². The summed E-state index contributed by atoms with van der Waals surface area (Å²) in [6.45, 7) is 5.57. The smallest absolute Gasteiger partial charge is 0.191 e. The molecule has 21 heavy (non-hydrogen) atoms. The highest BCUT2D eigenvalue weighted by Gasteiger charge is 2.33. The monoisotopic (exact) mass is 286 g/mol. The topological polar surface area (TPSA) is 39.7 Å². The van der Waals surface area contributed by atoms with Crippen molar-refractivity contribution in [2.75, 3.05) is 31.6 Å². The van der Waals surface area contributed by atoms with Crippen LogP contribution < -0.4 is 15.5 Å². The van der Waals surface area contributed by atoms with Gasteiger partial charge in [-0.1, -0.05) is 25.1 Å². The minimum Gasteiger partial charge on any atom is -0.371 e. The quantitative estimate of drug-likeness (QED) is 0.657. The van der Waals surface area contributed by atoms with E-state index in [1.807, 2.05) is 7.05 Å². The summed E-state index contributed by atoms with van der Waals surface area (Å²) in [6.07, 6.45) is 2.52. The van der Waals surface area contributed by atoms with E-state index in [2.05, 4.69) is 57.8 Å². The summed E-state index contributed by atoms with van der Waals surface area (Å²) in [7, 11) is 1.85. The van der Waals surface area contributed by atoms with E-state index in [1.165, 1.54) is 18.5 Å². The first-order chi connectivity index (χ1) is 10.3. The number of rotatable bonds is 4. The van der Waals surface area contributed by atoms with Crippen LogP contribution in [0.2, 0.25) is 0 Å². The minimum absolute atomic E-state index is 0.626. The average Bonchev–Trinajstić information content (AvgIpc) is 3.02. The molecule has 4 heteroatoms. The molecule has 0 amide bonds. The molecule has 3 unspecified atom stereocenters. The molecule has 1 saturated carbocycles. The number of anilines is 1. The molecule has 0 radical (unpaired) electrons. The van der Waals surface area contributed by atoms with Crippen LogP contribution in [0.4, 0.5) is 5.69 Å². The summed E-state index contributed by atoms with van der Waals surface area (Å²) < 4.78 is 0. The zero-order chi connectivity index (χ0) is 14.7. The fourth-order valence-corrected chi connectivity index (χ4v) is 3.01. The van der Waals surface area contributed by atoms with Gasteiger partial charge in [0.1, 0.15) is 0 Å². The molecule has 3 rings (SSSR count). The Kier molecular flexibility index (Phi) is 4.32. The molecule has 1 aromatic rings. The van der Waals surface area contributed by atoms with Gasteiger partial charge in [-0.3, -0.25) is 4.99 Å². The third-order valence-electron chi connectivity index (χ3n) is 4.62. The maximum atomic E-state index is 4.32. The van der Waals surface area contributed by atoms with Crippen LogP contribution in [-0.2, 0) is 0 Å². The van der Waals surface area contributed by atoms with Crippen LogP contribution in [0.5, 0.6) is 0 Å². The van der Waals surface area contributed by atoms with Crippen molar-refractivity contribution in [3.63, 3.8) is 0 Å². The van der Waals surface area contributed by atoms with Crippen molar-refractivity contribution in [1.82, 2.24) is 10.6 Å². The maximum Gasteiger partial charge on any atom is 0.191 e.